The molecule has 0 saturated heterocycles. The maximum absolute atomic E-state index is 11.0. The normalized spacial score (nSPS) is 11.2. The van der Waals surface area contributed by atoms with Crippen LogP contribution in [0.1, 0.15) is 31.4 Å². The van der Waals surface area contributed by atoms with Crippen LogP contribution in [0.4, 0.5) is 0 Å². The third kappa shape index (κ3) is 4.84. The Balaban J connectivity index is 0.00000242. The summed E-state index contributed by atoms with van der Waals surface area (Å²) in [5.41, 5.74) is 4.37. The minimum atomic E-state index is -1.00. The van der Waals surface area contributed by atoms with E-state index in [4.69, 9.17) is 0 Å². The molecule has 2 aromatic rings. The first-order chi connectivity index (χ1) is 10.1. The van der Waals surface area contributed by atoms with Crippen LogP contribution >= 0.6 is 0 Å². The molecule has 0 fully saturated rings. The third-order valence-corrected chi connectivity index (χ3v) is 3.57. The van der Waals surface area contributed by atoms with E-state index in [-0.39, 0.29) is 29.6 Å². The second-order valence-electron chi connectivity index (χ2n) is 5.31. The fraction of sp³-hybridized carbons (Fsp3) is 0.211. The molecule has 0 bridgehead atoms. The van der Waals surface area contributed by atoms with Crippen molar-refractivity contribution in [2.24, 2.45) is 5.92 Å². The molecular weight excluding hydrogens is 283 g/mol. The fourth-order valence-corrected chi connectivity index (χ4v) is 2.51. The largest absolute Gasteiger partial charge is 1.00 e. The number of carboxylic acid groups (broad SMARTS) is 1. The topological polar surface area (TPSA) is 40.1 Å². The van der Waals surface area contributed by atoms with Crippen LogP contribution in [0, 0.1) is 5.92 Å². The Kier molecular flexibility index (Phi) is 7.60. The maximum atomic E-state index is 11.0. The van der Waals surface area contributed by atoms with E-state index in [1.54, 1.807) is 6.92 Å². The molecule has 0 amide bonds. The van der Waals surface area contributed by atoms with Gasteiger partial charge in [0.2, 0.25) is 0 Å². The van der Waals surface area contributed by atoms with E-state index < -0.39 is 11.9 Å². The predicted molar refractivity (Wildman–Crippen MR) is 83.4 cm³/mol. The third-order valence-electron chi connectivity index (χ3n) is 3.57. The maximum Gasteiger partial charge on any atom is 1.00 e. The molecule has 0 N–H and O–H groups in total. The molecule has 0 radical (unpaired) electrons. The Morgan fingerprint density at radius 2 is 1.36 bits per heavy atom. The van der Waals surface area contributed by atoms with Gasteiger partial charge >= 0.3 is 29.6 Å². The van der Waals surface area contributed by atoms with Crippen molar-refractivity contribution >= 4 is 11.5 Å². The number of allylic oxidation sites excluding steroid dienone is 1. The van der Waals surface area contributed by atoms with Crippen LogP contribution in [0.3, 0.4) is 0 Å². The van der Waals surface area contributed by atoms with Crippen molar-refractivity contribution in [3.63, 3.8) is 0 Å². The molecule has 2 rings (SSSR count). The molecule has 2 nitrogen and oxygen atoms in total. The van der Waals surface area contributed by atoms with Crippen molar-refractivity contribution < 1.29 is 39.5 Å². The van der Waals surface area contributed by atoms with Crippen molar-refractivity contribution in [2.45, 2.75) is 20.3 Å². The summed E-state index contributed by atoms with van der Waals surface area (Å²) in [7, 11) is 0. The minimum Gasteiger partial charge on any atom is -0.550 e. The fourth-order valence-electron chi connectivity index (χ4n) is 2.51. The zero-order valence-electron chi connectivity index (χ0n) is 13.4. The van der Waals surface area contributed by atoms with Crippen LogP contribution in [0.5, 0.6) is 0 Å². The average molecular weight is 302 g/mol. The zero-order chi connectivity index (χ0) is 15.2. The van der Waals surface area contributed by atoms with Gasteiger partial charge in [0.25, 0.3) is 0 Å². The number of aliphatic carboxylic acids is 1. The minimum absolute atomic E-state index is 0. The Morgan fingerprint density at radius 1 is 0.955 bits per heavy atom. The Labute approximate surface area is 154 Å². The van der Waals surface area contributed by atoms with Gasteiger partial charge in [0.1, 0.15) is 0 Å². The molecule has 0 heterocycles. The van der Waals surface area contributed by atoms with Gasteiger partial charge in [-0.05, 0) is 36.0 Å². The quantitative estimate of drug-likeness (QED) is 0.745. The summed E-state index contributed by atoms with van der Waals surface area (Å²) in [6.45, 7) is 3.68. The molecule has 0 aliphatic rings. The summed E-state index contributed by atoms with van der Waals surface area (Å²) in [6.07, 6.45) is 0.488. The smallest absolute Gasteiger partial charge is 0.550 e. The molecule has 1 unspecified atom stereocenters. The van der Waals surface area contributed by atoms with E-state index in [1.165, 1.54) is 0 Å². The molecule has 108 valence electrons. The van der Waals surface area contributed by atoms with Crippen LogP contribution < -0.4 is 34.7 Å². The van der Waals surface area contributed by atoms with Gasteiger partial charge < -0.3 is 9.90 Å². The van der Waals surface area contributed by atoms with E-state index in [2.05, 4.69) is 24.3 Å². The van der Waals surface area contributed by atoms with Crippen molar-refractivity contribution in [1.82, 2.24) is 0 Å². The van der Waals surface area contributed by atoms with Gasteiger partial charge in [-0.2, -0.15) is 0 Å². The van der Waals surface area contributed by atoms with Gasteiger partial charge in [0.15, 0.2) is 0 Å². The monoisotopic (exact) mass is 302 g/mol. The summed E-state index contributed by atoms with van der Waals surface area (Å²) in [4.78, 5) is 11.0. The van der Waals surface area contributed by atoms with E-state index >= 15 is 0 Å². The Morgan fingerprint density at radius 3 is 1.73 bits per heavy atom. The standard InChI is InChI=1S/C19H20O2.Na/c1-14(13-15(2)19(20)21)18(16-9-5-3-6-10-16)17-11-7-4-8-12-17;/h3-12,15H,13H2,1-2H3,(H,20,21);/q;+1/p-1. The molecule has 0 aromatic heterocycles. The van der Waals surface area contributed by atoms with Crippen LogP contribution in [0.2, 0.25) is 0 Å². The number of hydrogen-bond acceptors (Lipinski definition) is 2. The van der Waals surface area contributed by atoms with Crippen molar-refractivity contribution in [2.75, 3.05) is 0 Å². The van der Waals surface area contributed by atoms with Crippen LogP contribution in [-0.2, 0) is 4.79 Å². The number of carbonyl (C=O) groups excluding carboxylic acids is 1. The van der Waals surface area contributed by atoms with Gasteiger partial charge in [0.05, 0.1) is 0 Å². The molecule has 3 heteroatoms. The second kappa shape index (κ2) is 8.94. The summed E-state index contributed by atoms with van der Waals surface area (Å²) in [6, 6.07) is 20.1. The van der Waals surface area contributed by atoms with Gasteiger partial charge in [-0.15, -0.1) is 0 Å². The number of benzene rings is 2. The number of hydrogen-bond donors (Lipinski definition) is 0. The van der Waals surface area contributed by atoms with E-state index in [9.17, 15) is 9.90 Å². The first kappa shape index (κ1) is 18.7. The van der Waals surface area contributed by atoms with E-state index in [0.717, 1.165) is 22.3 Å². The number of carboxylic acids is 1. The first-order valence-electron chi connectivity index (χ1n) is 7.11. The van der Waals surface area contributed by atoms with Gasteiger partial charge in [-0.1, -0.05) is 73.2 Å². The Bertz CT molecular complexity index is 591. The number of carbonyl (C=O) groups is 1. The van der Waals surface area contributed by atoms with E-state index in [0.29, 0.717) is 6.42 Å². The van der Waals surface area contributed by atoms with Crippen molar-refractivity contribution in [3.05, 3.63) is 77.4 Å². The average Bonchev–Trinajstić information content (AvgIpc) is 2.49. The molecule has 0 aliphatic heterocycles. The summed E-state index contributed by atoms with van der Waals surface area (Å²) in [5.74, 6) is -1.50. The van der Waals surface area contributed by atoms with E-state index in [1.807, 2.05) is 43.3 Å². The van der Waals surface area contributed by atoms with Gasteiger partial charge in [-0.25, -0.2) is 0 Å². The van der Waals surface area contributed by atoms with Gasteiger partial charge in [0, 0.05) is 5.97 Å². The second-order valence-corrected chi connectivity index (χ2v) is 5.31. The van der Waals surface area contributed by atoms with Crippen LogP contribution in [-0.4, -0.2) is 5.97 Å². The van der Waals surface area contributed by atoms with Crippen LogP contribution in [0.25, 0.3) is 5.57 Å². The molecule has 22 heavy (non-hydrogen) atoms. The van der Waals surface area contributed by atoms with Crippen LogP contribution in [0.15, 0.2) is 66.2 Å². The molecule has 0 aliphatic carbocycles. The van der Waals surface area contributed by atoms with Crippen molar-refractivity contribution in [3.8, 4) is 0 Å². The predicted octanol–water partition coefficient (Wildman–Crippen LogP) is 0.289. The first-order valence-corrected chi connectivity index (χ1v) is 7.11. The molecule has 0 spiro atoms. The van der Waals surface area contributed by atoms with Crippen molar-refractivity contribution in [1.29, 1.82) is 0 Å². The summed E-state index contributed by atoms with van der Waals surface area (Å²) in [5, 5.41) is 11.0. The molecule has 0 saturated carbocycles. The molecule has 1 atom stereocenters. The Hall–Kier alpha value is -1.35. The summed E-state index contributed by atoms with van der Waals surface area (Å²) < 4.78 is 0. The van der Waals surface area contributed by atoms with Gasteiger partial charge in [-0.3, -0.25) is 0 Å². The zero-order valence-corrected chi connectivity index (χ0v) is 15.4. The SMILES string of the molecule is CC(CC(C)C(=O)[O-])=C(c1ccccc1)c1ccccc1.[Na+]. The summed E-state index contributed by atoms with van der Waals surface area (Å²) >= 11 is 0. The molecule has 2 aromatic carbocycles. The molecular formula is C19H19NaO2. The number of rotatable bonds is 5.